The number of unbranched alkanes of at least 4 members (excludes halogenated alkanes) is 2. The fourth-order valence-electron chi connectivity index (χ4n) is 0.637. The molecule has 0 aliphatic rings. The van der Waals surface area contributed by atoms with Gasteiger partial charge in [0.25, 0.3) is 0 Å². The van der Waals surface area contributed by atoms with Crippen LogP contribution in [0, 0.1) is 0 Å². The predicted octanol–water partition coefficient (Wildman–Crippen LogP) is 3.08. The van der Waals surface area contributed by atoms with Gasteiger partial charge in [-0.1, -0.05) is 38.8 Å². The summed E-state index contributed by atoms with van der Waals surface area (Å²) in [6.07, 6.45) is 12.7. The van der Waals surface area contributed by atoms with Crippen LogP contribution in [0.2, 0.25) is 0 Å². The Morgan fingerprint density at radius 1 is 0.786 bits per heavy atom. The largest absolute Gasteiger partial charge is 0.299 e. The summed E-state index contributed by atoms with van der Waals surface area (Å²) < 4.78 is 0. The lowest BCUT2D eigenvalue weighted by Gasteiger charge is -1.76. The zero-order valence-electron chi connectivity index (χ0n) is 9.11. The monoisotopic (exact) mass is 196 g/mol. The Kier molecular flexibility index (Phi) is 19.4. The van der Waals surface area contributed by atoms with E-state index in [2.05, 4.69) is 13.8 Å². The second-order valence-electron chi connectivity index (χ2n) is 2.71. The Labute approximate surface area is 86.7 Å². The number of carbonyl (C=O) groups is 2. The molecule has 0 aliphatic carbocycles. The molecule has 2 nitrogen and oxygen atoms in total. The van der Waals surface area contributed by atoms with E-state index in [1.807, 2.05) is 12.2 Å². The lowest BCUT2D eigenvalue weighted by Crippen LogP contribution is -1.61. The number of rotatable bonds is 6. The van der Waals surface area contributed by atoms with E-state index in [0.29, 0.717) is 0 Å². The SMILES string of the molecule is CCC/C=C/C=O.CCC/C=C\C=O. The number of aldehydes is 2. The summed E-state index contributed by atoms with van der Waals surface area (Å²) in [6.45, 7) is 4.16. The molecule has 0 aromatic rings. The third kappa shape index (κ3) is 22.4. The van der Waals surface area contributed by atoms with Crippen LogP contribution in [0.15, 0.2) is 24.3 Å². The molecule has 0 rings (SSSR count). The van der Waals surface area contributed by atoms with Crippen LogP contribution in [0.5, 0.6) is 0 Å². The van der Waals surface area contributed by atoms with E-state index in [0.717, 1.165) is 38.3 Å². The molecule has 14 heavy (non-hydrogen) atoms. The van der Waals surface area contributed by atoms with E-state index in [1.54, 1.807) is 0 Å². The maximum absolute atomic E-state index is 9.59. The molecule has 0 unspecified atom stereocenters. The van der Waals surface area contributed by atoms with Gasteiger partial charge in [-0.2, -0.15) is 0 Å². The fraction of sp³-hybridized carbons (Fsp3) is 0.500. The molecule has 0 bridgehead atoms. The summed E-state index contributed by atoms with van der Waals surface area (Å²) in [5.41, 5.74) is 0. The highest BCUT2D eigenvalue weighted by Gasteiger charge is 1.68. The van der Waals surface area contributed by atoms with Crippen molar-refractivity contribution in [3.05, 3.63) is 24.3 Å². The Hall–Kier alpha value is -1.18. The number of hydrogen-bond acceptors (Lipinski definition) is 2. The van der Waals surface area contributed by atoms with Gasteiger partial charge in [-0.15, -0.1) is 0 Å². The van der Waals surface area contributed by atoms with Gasteiger partial charge in [0.15, 0.2) is 0 Å². The maximum Gasteiger partial charge on any atom is 0.142 e. The Morgan fingerprint density at radius 2 is 1.14 bits per heavy atom. The van der Waals surface area contributed by atoms with Crippen molar-refractivity contribution in [2.24, 2.45) is 0 Å². The smallest absolute Gasteiger partial charge is 0.142 e. The van der Waals surface area contributed by atoms with Crippen LogP contribution in [-0.4, -0.2) is 12.6 Å². The van der Waals surface area contributed by atoms with Crippen molar-refractivity contribution in [3.63, 3.8) is 0 Å². The van der Waals surface area contributed by atoms with Crippen molar-refractivity contribution in [2.45, 2.75) is 39.5 Å². The van der Waals surface area contributed by atoms with Crippen LogP contribution in [0.25, 0.3) is 0 Å². The summed E-state index contributed by atoms with van der Waals surface area (Å²) in [5, 5.41) is 0. The first-order valence-electron chi connectivity index (χ1n) is 5.04. The first kappa shape index (κ1) is 15.3. The molecule has 0 spiro atoms. The van der Waals surface area contributed by atoms with Gasteiger partial charge in [-0.3, -0.25) is 9.59 Å². The van der Waals surface area contributed by atoms with Crippen molar-refractivity contribution in [1.82, 2.24) is 0 Å². The molecule has 0 fully saturated rings. The van der Waals surface area contributed by atoms with Crippen LogP contribution in [0.1, 0.15) is 39.5 Å². The Bertz CT molecular complexity index is 149. The highest BCUT2D eigenvalue weighted by Crippen LogP contribution is 1.85. The highest BCUT2D eigenvalue weighted by atomic mass is 16.1. The number of hydrogen-bond donors (Lipinski definition) is 0. The summed E-state index contributed by atoms with van der Waals surface area (Å²) in [7, 11) is 0. The van der Waals surface area contributed by atoms with Crippen molar-refractivity contribution >= 4 is 12.6 Å². The highest BCUT2D eigenvalue weighted by molar-refractivity contribution is 5.64. The first-order chi connectivity index (χ1) is 6.83. The quantitative estimate of drug-likeness (QED) is 0.483. The second kappa shape index (κ2) is 17.8. The fourth-order valence-corrected chi connectivity index (χ4v) is 0.637. The van der Waals surface area contributed by atoms with Crippen molar-refractivity contribution in [3.8, 4) is 0 Å². The van der Waals surface area contributed by atoms with Crippen LogP contribution in [0.3, 0.4) is 0 Å². The Morgan fingerprint density at radius 3 is 1.36 bits per heavy atom. The van der Waals surface area contributed by atoms with E-state index < -0.39 is 0 Å². The van der Waals surface area contributed by atoms with E-state index in [9.17, 15) is 9.59 Å². The third-order valence-electron chi connectivity index (χ3n) is 1.34. The molecule has 0 aliphatic heterocycles. The molecule has 0 aromatic carbocycles. The molecule has 0 aromatic heterocycles. The van der Waals surface area contributed by atoms with Gasteiger partial charge >= 0.3 is 0 Å². The van der Waals surface area contributed by atoms with Crippen LogP contribution in [-0.2, 0) is 9.59 Å². The summed E-state index contributed by atoms with van der Waals surface area (Å²) >= 11 is 0. The van der Waals surface area contributed by atoms with Gasteiger partial charge in [0.2, 0.25) is 0 Å². The van der Waals surface area contributed by atoms with Crippen LogP contribution in [0.4, 0.5) is 0 Å². The molecule has 0 amide bonds. The first-order valence-corrected chi connectivity index (χ1v) is 5.04. The maximum atomic E-state index is 9.59. The van der Waals surface area contributed by atoms with Crippen molar-refractivity contribution in [1.29, 1.82) is 0 Å². The predicted molar refractivity (Wildman–Crippen MR) is 60.2 cm³/mol. The van der Waals surface area contributed by atoms with Crippen molar-refractivity contribution in [2.75, 3.05) is 0 Å². The topological polar surface area (TPSA) is 34.1 Å². The molecular weight excluding hydrogens is 176 g/mol. The number of allylic oxidation sites excluding steroid dienone is 4. The Balaban J connectivity index is 0. The molecule has 0 saturated heterocycles. The second-order valence-corrected chi connectivity index (χ2v) is 2.71. The minimum atomic E-state index is 0.801. The molecule has 0 heterocycles. The normalized spacial score (nSPS) is 9.86. The van der Waals surface area contributed by atoms with E-state index in [-0.39, 0.29) is 0 Å². The molecule has 80 valence electrons. The molecule has 0 radical (unpaired) electrons. The van der Waals surface area contributed by atoms with Gasteiger partial charge in [-0.05, 0) is 25.0 Å². The van der Waals surface area contributed by atoms with E-state index >= 15 is 0 Å². The third-order valence-corrected chi connectivity index (χ3v) is 1.34. The van der Waals surface area contributed by atoms with Gasteiger partial charge < -0.3 is 0 Å². The average Bonchev–Trinajstić information content (AvgIpc) is 2.21. The minimum Gasteiger partial charge on any atom is -0.299 e. The van der Waals surface area contributed by atoms with E-state index in [4.69, 9.17) is 0 Å². The standard InChI is InChI=1S/2C6H10O/c2*1-2-3-4-5-6-7/h2*4-6H,2-3H2,1H3/b5-4+;5-4-. The van der Waals surface area contributed by atoms with Gasteiger partial charge in [0.05, 0.1) is 0 Å². The van der Waals surface area contributed by atoms with Gasteiger partial charge in [-0.25, -0.2) is 0 Å². The van der Waals surface area contributed by atoms with Gasteiger partial charge in [0.1, 0.15) is 12.6 Å². The summed E-state index contributed by atoms with van der Waals surface area (Å²) in [5.74, 6) is 0. The van der Waals surface area contributed by atoms with Crippen molar-refractivity contribution < 1.29 is 9.59 Å². The van der Waals surface area contributed by atoms with E-state index in [1.165, 1.54) is 12.2 Å². The molecule has 0 saturated carbocycles. The summed E-state index contributed by atoms with van der Waals surface area (Å²) in [4.78, 5) is 19.2. The van der Waals surface area contributed by atoms with Gasteiger partial charge in [0, 0.05) is 0 Å². The molecule has 0 atom stereocenters. The average molecular weight is 196 g/mol. The zero-order valence-corrected chi connectivity index (χ0v) is 9.11. The lowest BCUT2D eigenvalue weighted by molar-refractivity contribution is -0.104. The number of carbonyl (C=O) groups excluding carboxylic acids is 2. The van der Waals surface area contributed by atoms with Crippen LogP contribution >= 0.6 is 0 Å². The minimum absolute atomic E-state index is 0.801. The summed E-state index contributed by atoms with van der Waals surface area (Å²) in [6, 6.07) is 0. The zero-order chi connectivity index (χ0) is 11.1. The molecule has 2 heteroatoms. The molecule has 0 N–H and O–H groups in total. The lowest BCUT2D eigenvalue weighted by atomic mass is 10.3. The molecular formula is C12H20O2. The van der Waals surface area contributed by atoms with Crippen LogP contribution < -0.4 is 0 Å².